The summed E-state index contributed by atoms with van der Waals surface area (Å²) in [6.45, 7) is 14.1. The van der Waals surface area contributed by atoms with Crippen LogP contribution in [0.1, 0.15) is 38.4 Å². The fourth-order valence-electron chi connectivity index (χ4n) is 3.92. The summed E-state index contributed by atoms with van der Waals surface area (Å²) in [5.74, 6) is 0. The van der Waals surface area contributed by atoms with Gasteiger partial charge < -0.3 is 14.2 Å². The average molecular weight is 300 g/mol. The molecule has 120 valence electrons. The summed E-state index contributed by atoms with van der Waals surface area (Å²) >= 11 is 0. The van der Waals surface area contributed by atoms with Gasteiger partial charge in [0.2, 0.25) is 0 Å². The van der Waals surface area contributed by atoms with Gasteiger partial charge in [-0.3, -0.25) is 0 Å². The van der Waals surface area contributed by atoms with E-state index in [0.29, 0.717) is 0 Å². The van der Waals surface area contributed by atoms with Gasteiger partial charge in [-0.05, 0) is 45.0 Å². The topological polar surface area (TPSA) is 17.4 Å². The molecule has 0 saturated heterocycles. The Labute approximate surface area is 133 Å². The lowest BCUT2D eigenvalue weighted by atomic mass is 9.92. The van der Waals surface area contributed by atoms with Crippen LogP contribution >= 0.6 is 0 Å². The first kappa shape index (κ1) is 15.6. The van der Waals surface area contributed by atoms with E-state index in [0.717, 1.165) is 39.2 Å². The van der Waals surface area contributed by atoms with Crippen LogP contribution in [-0.4, -0.2) is 35.7 Å². The molecule has 2 aromatic rings. The molecule has 0 bridgehead atoms. The number of nitrogens with zero attached hydrogens (tertiary/aromatic N) is 2. The summed E-state index contributed by atoms with van der Waals surface area (Å²) in [6.07, 6.45) is 1.05. The number of hydrogen-bond donors (Lipinski definition) is 0. The van der Waals surface area contributed by atoms with Crippen LogP contribution in [0.5, 0.6) is 0 Å². The molecule has 0 saturated carbocycles. The molecule has 0 spiro atoms. The highest BCUT2D eigenvalue weighted by Gasteiger charge is 2.36. The van der Waals surface area contributed by atoms with E-state index in [1.807, 2.05) is 0 Å². The molecule has 1 aromatic carbocycles. The molecule has 1 aromatic heterocycles. The molecule has 2 heterocycles. The SMILES string of the molecule is CCN(CC)CCC1(C)OCCn2c1c(C)c1ccccc12. The van der Waals surface area contributed by atoms with E-state index < -0.39 is 0 Å². The summed E-state index contributed by atoms with van der Waals surface area (Å²) in [4.78, 5) is 2.48. The monoisotopic (exact) mass is 300 g/mol. The highest BCUT2D eigenvalue weighted by molar-refractivity contribution is 5.85. The summed E-state index contributed by atoms with van der Waals surface area (Å²) in [6, 6.07) is 8.75. The zero-order valence-corrected chi connectivity index (χ0v) is 14.4. The maximum atomic E-state index is 6.29. The van der Waals surface area contributed by atoms with Crippen molar-refractivity contribution in [2.45, 2.75) is 46.3 Å². The van der Waals surface area contributed by atoms with Gasteiger partial charge in [-0.15, -0.1) is 0 Å². The average Bonchev–Trinajstić information content (AvgIpc) is 2.83. The van der Waals surface area contributed by atoms with Gasteiger partial charge in [0.25, 0.3) is 0 Å². The van der Waals surface area contributed by atoms with Crippen molar-refractivity contribution in [3.63, 3.8) is 0 Å². The molecule has 1 aliphatic rings. The van der Waals surface area contributed by atoms with Crippen molar-refractivity contribution in [2.75, 3.05) is 26.2 Å². The highest BCUT2D eigenvalue weighted by atomic mass is 16.5. The largest absolute Gasteiger partial charge is 0.367 e. The number of hydrogen-bond acceptors (Lipinski definition) is 2. The third-order valence-electron chi connectivity index (χ3n) is 5.26. The van der Waals surface area contributed by atoms with Crippen LogP contribution in [0.25, 0.3) is 10.9 Å². The Morgan fingerprint density at radius 3 is 2.68 bits per heavy atom. The standard InChI is InChI=1S/C19H28N2O/c1-5-20(6-2)12-11-19(4)18-15(3)16-9-7-8-10-17(16)21(18)13-14-22-19/h7-10H,5-6,11-14H2,1-4H3. The van der Waals surface area contributed by atoms with Gasteiger partial charge in [0.1, 0.15) is 5.60 Å². The fraction of sp³-hybridized carbons (Fsp3) is 0.579. The highest BCUT2D eigenvalue weighted by Crippen LogP contribution is 2.39. The Balaban J connectivity index is 2.00. The first-order chi connectivity index (χ1) is 10.6. The molecular weight excluding hydrogens is 272 g/mol. The van der Waals surface area contributed by atoms with Crippen LogP contribution < -0.4 is 0 Å². The quantitative estimate of drug-likeness (QED) is 0.832. The van der Waals surface area contributed by atoms with E-state index >= 15 is 0 Å². The maximum absolute atomic E-state index is 6.29. The van der Waals surface area contributed by atoms with Crippen molar-refractivity contribution in [3.05, 3.63) is 35.5 Å². The smallest absolute Gasteiger partial charge is 0.107 e. The minimum Gasteiger partial charge on any atom is -0.367 e. The Morgan fingerprint density at radius 1 is 1.23 bits per heavy atom. The molecule has 0 N–H and O–H groups in total. The lowest BCUT2D eigenvalue weighted by Gasteiger charge is -2.38. The Hall–Kier alpha value is -1.32. The molecular formula is C19H28N2O. The van der Waals surface area contributed by atoms with Crippen LogP contribution in [0, 0.1) is 6.92 Å². The van der Waals surface area contributed by atoms with Gasteiger partial charge in [-0.1, -0.05) is 32.0 Å². The molecule has 22 heavy (non-hydrogen) atoms. The number of fused-ring (bicyclic) bond motifs is 3. The third kappa shape index (κ3) is 2.46. The van der Waals surface area contributed by atoms with Crippen LogP contribution in [0.15, 0.2) is 24.3 Å². The second-order valence-corrected chi connectivity index (χ2v) is 6.50. The molecule has 3 rings (SSSR count). The van der Waals surface area contributed by atoms with E-state index in [9.17, 15) is 0 Å². The van der Waals surface area contributed by atoms with Gasteiger partial charge in [-0.25, -0.2) is 0 Å². The van der Waals surface area contributed by atoms with E-state index in [2.05, 4.69) is 61.4 Å². The Kier molecular flexibility index (Phi) is 4.28. The number of ether oxygens (including phenoxy) is 1. The molecule has 0 amide bonds. The van der Waals surface area contributed by atoms with Gasteiger partial charge in [0, 0.05) is 24.0 Å². The fourth-order valence-corrected chi connectivity index (χ4v) is 3.92. The number of benzene rings is 1. The first-order valence-electron chi connectivity index (χ1n) is 8.55. The van der Waals surface area contributed by atoms with Crippen molar-refractivity contribution < 1.29 is 4.74 Å². The first-order valence-corrected chi connectivity index (χ1v) is 8.55. The van der Waals surface area contributed by atoms with Gasteiger partial charge in [0.15, 0.2) is 0 Å². The minimum atomic E-state index is -0.177. The van der Waals surface area contributed by atoms with E-state index in [4.69, 9.17) is 4.74 Å². The van der Waals surface area contributed by atoms with E-state index in [1.54, 1.807) is 0 Å². The summed E-state index contributed by atoms with van der Waals surface area (Å²) in [5, 5.41) is 1.37. The molecule has 0 aliphatic carbocycles. The molecule has 0 fully saturated rings. The molecule has 1 aliphatic heterocycles. The van der Waals surface area contributed by atoms with Crippen LogP contribution in [-0.2, 0) is 16.9 Å². The normalized spacial score (nSPS) is 21.5. The Bertz CT molecular complexity index is 657. The lowest BCUT2D eigenvalue weighted by molar-refractivity contribution is -0.0734. The van der Waals surface area contributed by atoms with Gasteiger partial charge in [-0.2, -0.15) is 0 Å². The summed E-state index contributed by atoms with van der Waals surface area (Å²) in [5.41, 5.74) is 3.95. The van der Waals surface area contributed by atoms with Crippen LogP contribution in [0.2, 0.25) is 0 Å². The maximum Gasteiger partial charge on any atom is 0.107 e. The molecule has 3 nitrogen and oxygen atoms in total. The van der Waals surface area contributed by atoms with Crippen molar-refractivity contribution >= 4 is 10.9 Å². The zero-order valence-electron chi connectivity index (χ0n) is 14.4. The minimum absolute atomic E-state index is 0.177. The summed E-state index contributed by atoms with van der Waals surface area (Å²) in [7, 11) is 0. The van der Waals surface area contributed by atoms with Crippen molar-refractivity contribution in [1.29, 1.82) is 0 Å². The van der Waals surface area contributed by atoms with Gasteiger partial charge >= 0.3 is 0 Å². The number of aromatic nitrogens is 1. The molecule has 1 unspecified atom stereocenters. The van der Waals surface area contributed by atoms with Crippen molar-refractivity contribution in [1.82, 2.24) is 9.47 Å². The predicted octanol–water partition coefficient (Wildman–Crippen LogP) is 3.93. The molecule has 0 radical (unpaired) electrons. The zero-order chi connectivity index (χ0) is 15.7. The molecule has 3 heteroatoms. The van der Waals surface area contributed by atoms with Crippen LogP contribution in [0.4, 0.5) is 0 Å². The molecule has 1 atom stereocenters. The van der Waals surface area contributed by atoms with Crippen molar-refractivity contribution in [3.8, 4) is 0 Å². The number of rotatable bonds is 5. The third-order valence-corrected chi connectivity index (χ3v) is 5.26. The second kappa shape index (κ2) is 6.05. The lowest BCUT2D eigenvalue weighted by Crippen LogP contribution is -2.39. The Morgan fingerprint density at radius 2 is 1.95 bits per heavy atom. The summed E-state index contributed by atoms with van der Waals surface area (Å²) < 4.78 is 8.78. The number of aryl methyl sites for hydroxylation is 1. The van der Waals surface area contributed by atoms with Crippen molar-refractivity contribution in [2.24, 2.45) is 0 Å². The van der Waals surface area contributed by atoms with E-state index in [-0.39, 0.29) is 5.60 Å². The van der Waals surface area contributed by atoms with Crippen LogP contribution in [0.3, 0.4) is 0 Å². The number of para-hydroxylation sites is 1. The second-order valence-electron chi connectivity index (χ2n) is 6.50. The van der Waals surface area contributed by atoms with Gasteiger partial charge in [0.05, 0.1) is 12.3 Å². The predicted molar refractivity (Wildman–Crippen MR) is 92.4 cm³/mol. The van der Waals surface area contributed by atoms with E-state index in [1.165, 1.54) is 22.2 Å².